The van der Waals surface area contributed by atoms with Crippen molar-refractivity contribution >= 4 is 20.2 Å². The van der Waals surface area contributed by atoms with Crippen molar-refractivity contribution in [3.05, 3.63) is 71.3 Å². The van der Waals surface area contributed by atoms with Gasteiger partial charge in [0, 0.05) is 11.8 Å². The molecule has 0 aliphatic heterocycles. The summed E-state index contributed by atoms with van der Waals surface area (Å²) in [5.74, 6) is -0.825. The summed E-state index contributed by atoms with van der Waals surface area (Å²) in [6.07, 6.45) is 1.93. The lowest BCUT2D eigenvalue weighted by Crippen LogP contribution is -2.27. The smallest absolute Gasteiger partial charge is 0.264 e. The molecule has 0 spiro atoms. The molecule has 0 aliphatic carbocycles. The Labute approximate surface area is 161 Å². The monoisotopic (exact) mass is 412 g/mol. The van der Waals surface area contributed by atoms with Gasteiger partial charge in [-0.3, -0.25) is 8.37 Å². The standard InChI is InChI=1S/C19H24O6S2/c1-15-9-7-8-12-18(15)19(16-10-5-4-6-11-16)17(13-24-26(2,20)21)14-25-27(3,22)23/h4-12,17,19H,13-14H2,1-3H3/t19-/m0/s1. The maximum Gasteiger partial charge on any atom is 0.264 e. The molecule has 8 heteroatoms. The largest absolute Gasteiger partial charge is 0.270 e. The van der Waals surface area contributed by atoms with Crippen LogP contribution in [-0.4, -0.2) is 42.6 Å². The van der Waals surface area contributed by atoms with Gasteiger partial charge in [-0.1, -0.05) is 54.6 Å². The lowest BCUT2D eigenvalue weighted by Gasteiger charge is -2.28. The number of hydrogen-bond donors (Lipinski definition) is 0. The first-order valence-corrected chi connectivity index (χ1v) is 12.0. The molecule has 0 saturated heterocycles. The van der Waals surface area contributed by atoms with Gasteiger partial charge < -0.3 is 0 Å². The molecule has 27 heavy (non-hydrogen) atoms. The molecule has 0 radical (unpaired) electrons. The molecule has 0 N–H and O–H groups in total. The molecule has 6 nitrogen and oxygen atoms in total. The SMILES string of the molecule is Cc1ccccc1[C@@H](c1ccccc1)C(COS(C)(=O)=O)COS(C)(=O)=O. The van der Waals surface area contributed by atoms with E-state index in [2.05, 4.69) is 0 Å². The molecular weight excluding hydrogens is 388 g/mol. The summed E-state index contributed by atoms with van der Waals surface area (Å²) < 4.78 is 56.1. The van der Waals surface area contributed by atoms with Crippen LogP contribution in [0.15, 0.2) is 54.6 Å². The van der Waals surface area contributed by atoms with Crippen molar-refractivity contribution in [2.75, 3.05) is 25.7 Å². The zero-order chi connectivity index (χ0) is 20.1. The van der Waals surface area contributed by atoms with E-state index >= 15 is 0 Å². The van der Waals surface area contributed by atoms with Crippen LogP contribution in [0.5, 0.6) is 0 Å². The van der Waals surface area contributed by atoms with E-state index in [1.807, 2.05) is 61.5 Å². The average molecular weight is 413 g/mol. The van der Waals surface area contributed by atoms with Crippen LogP contribution in [0.1, 0.15) is 22.6 Å². The highest BCUT2D eigenvalue weighted by Crippen LogP contribution is 2.35. The van der Waals surface area contributed by atoms with Gasteiger partial charge in [-0.15, -0.1) is 0 Å². The van der Waals surface area contributed by atoms with Gasteiger partial charge in [0.1, 0.15) is 0 Å². The van der Waals surface area contributed by atoms with Gasteiger partial charge in [-0.2, -0.15) is 16.8 Å². The van der Waals surface area contributed by atoms with Crippen molar-refractivity contribution in [3.63, 3.8) is 0 Å². The average Bonchev–Trinajstić information content (AvgIpc) is 2.58. The summed E-state index contributed by atoms with van der Waals surface area (Å²) in [5.41, 5.74) is 2.89. The van der Waals surface area contributed by atoms with E-state index in [1.54, 1.807) is 0 Å². The lowest BCUT2D eigenvalue weighted by molar-refractivity contribution is 0.173. The van der Waals surface area contributed by atoms with E-state index in [0.29, 0.717) is 0 Å². The van der Waals surface area contributed by atoms with E-state index in [1.165, 1.54) is 0 Å². The molecule has 0 aromatic heterocycles. The maximum absolute atomic E-state index is 11.5. The third-order valence-electron chi connectivity index (χ3n) is 4.15. The second-order valence-electron chi connectivity index (χ2n) is 6.48. The highest BCUT2D eigenvalue weighted by Gasteiger charge is 2.29. The fourth-order valence-electron chi connectivity index (χ4n) is 2.96. The summed E-state index contributed by atoms with van der Waals surface area (Å²) >= 11 is 0. The Morgan fingerprint density at radius 3 is 1.74 bits per heavy atom. The molecule has 2 aromatic rings. The highest BCUT2D eigenvalue weighted by atomic mass is 32.2. The predicted octanol–water partition coefficient (Wildman–Crippen LogP) is 2.70. The summed E-state index contributed by atoms with van der Waals surface area (Å²) in [4.78, 5) is 0. The topological polar surface area (TPSA) is 86.7 Å². The zero-order valence-electron chi connectivity index (χ0n) is 15.5. The van der Waals surface area contributed by atoms with Crippen molar-refractivity contribution in [1.82, 2.24) is 0 Å². The van der Waals surface area contributed by atoms with E-state index in [4.69, 9.17) is 8.37 Å². The van der Waals surface area contributed by atoms with E-state index < -0.39 is 26.2 Å². The van der Waals surface area contributed by atoms with E-state index in [9.17, 15) is 16.8 Å². The normalized spacial score (nSPS) is 13.6. The minimum Gasteiger partial charge on any atom is -0.270 e. The van der Waals surface area contributed by atoms with Crippen molar-refractivity contribution in [3.8, 4) is 0 Å². The van der Waals surface area contributed by atoms with Crippen molar-refractivity contribution in [2.24, 2.45) is 5.92 Å². The van der Waals surface area contributed by atoms with Crippen LogP contribution >= 0.6 is 0 Å². The molecule has 0 heterocycles. The Kier molecular flexibility index (Phi) is 7.16. The molecule has 1 atom stereocenters. The first kappa shape index (κ1) is 21.6. The number of hydrogen-bond acceptors (Lipinski definition) is 6. The zero-order valence-corrected chi connectivity index (χ0v) is 17.2. The van der Waals surface area contributed by atoms with Crippen LogP contribution < -0.4 is 0 Å². The first-order valence-electron chi connectivity index (χ1n) is 8.36. The van der Waals surface area contributed by atoms with Crippen LogP contribution in [-0.2, 0) is 28.6 Å². The molecule has 0 fully saturated rings. The number of rotatable bonds is 9. The van der Waals surface area contributed by atoms with Crippen molar-refractivity contribution < 1.29 is 25.2 Å². The Morgan fingerprint density at radius 1 is 0.778 bits per heavy atom. The summed E-state index contributed by atoms with van der Waals surface area (Å²) in [7, 11) is -7.37. The molecule has 0 saturated carbocycles. The van der Waals surface area contributed by atoms with Crippen molar-refractivity contribution in [2.45, 2.75) is 12.8 Å². The van der Waals surface area contributed by atoms with Crippen molar-refractivity contribution in [1.29, 1.82) is 0 Å². The number of benzene rings is 2. The fraction of sp³-hybridized carbons (Fsp3) is 0.368. The van der Waals surface area contributed by atoms with Gasteiger partial charge in [0.05, 0.1) is 25.7 Å². The van der Waals surface area contributed by atoms with Gasteiger partial charge in [0.15, 0.2) is 0 Å². The molecule has 2 aromatic carbocycles. The second-order valence-corrected chi connectivity index (χ2v) is 9.77. The Bertz CT molecular complexity index is 917. The highest BCUT2D eigenvalue weighted by molar-refractivity contribution is 7.86. The minimum absolute atomic E-state index is 0.192. The molecular formula is C19H24O6S2. The molecule has 0 amide bonds. The van der Waals surface area contributed by atoms with Crippen LogP contribution in [0.4, 0.5) is 0 Å². The maximum atomic E-state index is 11.5. The van der Waals surface area contributed by atoms with Gasteiger partial charge in [-0.05, 0) is 23.6 Å². The molecule has 0 bridgehead atoms. The third kappa shape index (κ3) is 7.06. The fourth-order valence-corrected chi connectivity index (χ4v) is 3.81. The van der Waals surface area contributed by atoms with Gasteiger partial charge in [-0.25, -0.2) is 0 Å². The van der Waals surface area contributed by atoms with Crippen LogP contribution in [0.25, 0.3) is 0 Å². The number of aryl methyl sites for hydroxylation is 1. The van der Waals surface area contributed by atoms with Crippen LogP contribution in [0, 0.1) is 12.8 Å². The Balaban J connectivity index is 2.49. The Morgan fingerprint density at radius 2 is 1.26 bits per heavy atom. The lowest BCUT2D eigenvalue weighted by atomic mass is 9.80. The van der Waals surface area contributed by atoms with Crippen LogP contribution in [0.2, 0.25) is 0 Å². The molecule has 0 aliphatic rings. The summed E-state index contributed by atoms with van der Waals surface area (Å²) in [6, 6.07) is 17.2. The van der Waals surface area contributed by atoms with Crippen LogP contribution in [0.3, 0.4) is 0 Å². The first-order chi connectivity index (χ1) is 12.6. The summed E-state index contributed by atoms with van der Waals surface area (Å²) in [5, 5.41) is 0. The molecule has 148 valence electrons. The third-order valence-corrected chi connectivity index (χ3v) is 5.27. The van der Waals surface area contributed by atoms with E-state index in [0.717, 1.165) is 29.2 Å². The second kappa shape index (κ2) is 8.97. The molecule has 0 unspecified atom stereocenters. The predicted molar refractivity (Wildman–Crippen MR) is 105 cm³/mol. The molecule has 2 rings (SSSR count). The minimum atomic E-state index is -3.69. The Hall–Kier alpha value is -1.74. The van der Waals surface area contributed by atoms with Gasteiger partial charge in [0.2, 0.25) is 0 Å². The van der Waals surface area contributed by atoms with Gasteiger partial charge >= 0.3 is 0 Å². The summed E-state index contributed by atoms with van der Waals surface area (Å²) in [6.45, 7) is 1.57. The van der Waals surface area contributed by atoms with E-state index in [-0.39, 0.29) is 19.1 Å². The quantitative estimate of drug-likeness (QED) is 0.589. The van der Waals surface area contributed by atoms with Gasteiger partial charge in [0.25, 0.3) is 20.2 Å².